The molecule has 1 aromatic rings. The number of rotatable bonds is 5. The van der Waals surface area contributed by atoms with E-state index in [1.807, 2.05) is 0 Å². The van der Waals surface area contributed by atoms with E-state index >= 15 is 0 Å². The molecule has 0 spiro atoms. The summed E-state index contributed by atoms with van der Waals surface area (Å²) >= 11 is 0. The molecule has 2 heterocycles. The van der Waals surface area contributed by atoms with Gasteiger partial charge in [-0.3, -0.25) is 4.90 Å². The Morgan fingerprint density at radius 3 is 2.54 bits per heavy atom. The van der Waals surface area contributed by atoms with Crippen LogP contribution in [0.1, 0.15) is 43.2 Å². The summed E-state index contributed by atoms with van der Waals surface area (Å²) in [4.78, 5) is 16.3. The smallest absolute Gasteiger partial charge is 0.409 e. The molecule has 144 valence electrons. The molecule has 0 N–H and O–H groups in total. The summed E-state index contributed by atoms with van der Waals surface area (Å²) in [7, 11) is 0. The summed E-state index contributed by atoms with van der Waals surface area (Å²) in [6, 6.07) is 9.47. The van der Waals surface area contributed by atoms with Gasteiger partial charge in [0.05, 0.1) is 0 Å². The van der Waals surface area contributed by atoms with E-state index in [1.54, 1.807) is 4.90 Å². The molecule has 1 amide bonds. The first-order valence-corrected chi connectivity index (χ1v) is 9.94. The quantitative estimate of drug-likeness (QED) is 0.788. The second-order valence-corrected chi connectivity index (χ2v) is 7.65. The molecule has 0 aliphatic carbocycles. The minimum atomic E-state index is -0.613. The summed E-state index contributed by atoms with van der Waals surface area (Å²) in [6.07, 6.45) is 5.49. The Bertz CT molecular complexity index is 570. The van der Waals surface area contributed by atoms with Gasteiger partial charge in [0, 0.05) is 25.7 Å². The number of ether oxygens (including phenoxy) is 1. The van der Waals surface area contributed by atoms with Gasteiger partial charge < -0.3 is 9.64 Å². The Morgan fingerprint density at radius 2 is 1.85 bits per heavy atom. The van der Waals surface area contributed by atoms with Crippen molar-refractivity contribution in [1.29, 1.82) is 0 Å². The van der Waals surface area contributed by atoms with Gasteiger partial charge in [0.15, 0.2) is 0 Å². The summed E-state index contributed by atoms with van der Waals surface area (Å²) in [5.41, 5.74) is 2.69. The lowest BCUT2D eigenvalue weighted by Crippen LogP contribution is -2.48. The average Bonchev–Trinajstić information content (AvgIpc) is 2.68. The van der Waals surface area contributed by atoms with Crippen LogP contribution in [0.5, 0.6) is 0 Å². The van der Waals surface area contributed by atoms with E-state index in [-0.39, 0.29) is 12.7 Å². The highest BCUT2D eigenvalue weighted by Gasteiger charge is 2.33. The molecule has 2 fully saturated rings. The molecule has 2 aliphatic rings. The van der Waals surface area contributed by atoms with Gasteiger partial charge in [-0.15, -0.1) is 0 Å². The van der Waals surface area contributed by atoms with Gasteiger partial charge in [0.1, 0.15) is 13.3 Å². The summed E-state index contributed by atoms with van der Waals surface area (Å²) in [5, 5.41) is 0. The number of aryl methyl sites for hydroxylation is 1. The van der Waals surface area contributed by atoms with Gasteiger partial charge in [-0.1, -0.05) is 36.2 Å². The van der Waals surface area contributed by atoms with Gasteiger partial charge >= 0.3 is 6.09 Å². The fourth-order valence-corrected chi connectivity index (χ4v) is 4.36. The van der Waals surface area contributed by atoms with Crippen molar-refractivity contribution in [2.24, 2.45) is 5.92 Å². The molecule has 26 heavy (non-hydrogen) atoms. The molecule has 3 rings (SSSR count). The Morgan fingerprint density at radius 1 is 1.12 bits per heavy atom. The van der Waals surface area contributed by atoms with Crippen LogP contribution >= 0.6 is 0 Å². The van der Waals surface area contributed by atoms with Crippen molar-refractivity contribution in [3.8, 4) is 0 Å². The van der Waals surface area contributed by atoms with Gasteiger partial charge in [-0.2, -0.15) is 0 Å². The number of alkyl halides is 1. The minimum Gasteiger partial charge on any atom is -0.447 e. The molecule has 2 saturated heterocycles. The Kier molecular flexibility index (Phi) is 6.89. The largest absolute Gasteiger partial charge is 0.447 e. The van der Waals surface area contributed by atoms with Crippen molar-refractivity contribution in [3.63, 3.8) is 0 Å². The molecule has 1 atom stereocenters. The molecular weight excluding hydrogens is 331 g/mol. The number of carbonyl (C=O) groups excluding carboxylic acids is 1. The number of halogens is 1. The molecule has 1 unspecified atom stereocenters. The average molecular weight is 362 g/mol. The standard InChI is InChI=1S/C21H31FN2O2/c1-17-5-7-18(8-6-17)16-24-12-3-2-4-20(24)19-9-13-23(14-10-19)21(25)26-15-11-22/h5-8,19-20H,2-4,9-16H2,1H3. The van der Waals surface area contributed by atoms with Crippen molar-refractivity contribution < 1.29 is 13.9 Å². The number of amides is 1. The van der Waals surface area contributed by atoms with Crippen molar-refractivity contribution in [1.82, 2.24) is 9.80 Å². The van der Waals surface area contributed by atoms with E-state index in [0.717, 1.165) is 39.0 Å². The van der Waals surface area contributed by atoms with Crippen molar-refractivity contribution in [2.45, 2.75) is 51.6 Å². The molecular formula is C21H31FN2O2. The Balaban J connectivity index is 1.55. The minimum absolute atomic E-state index is 0.133. The second-order valence-electron chi connectivity index (χ2n) is 7.65. The van der Waals surface area contributed by atoms with Crippen LogP contribution in [-0.2, 0) is 11.3 Å². The van der Waals surface area contributed by atoms with Gasteiger partial charge in [-0.25, -0.2) is 9.18 Å². The van der Waals surface area contributed by atoms with Crippen LogP contribution in [0.2, 0.25) is 0 Å². The molecule has 0 saturated carbocycles. The summed E-state index contributed by atoms with van der Waals surface area (Å²) in [5.74, 6) is 0.631. The Labute approximate surface area is 156 Å². The molecule has 0 aromatic heterocycles. The summed E-state index contributed by atoms with van der Waals surface area (Å²) < 4.78 is 17.1. The first kappa shape index (κ1) is 19.2. The van der Waals surface area contributed by atoms with Gasteiger partial charge in [-0.05, 0) is 50.6 Å². The molecule has 2 aliphatic heterocycles. The van der Waals surface area contributed by atoms with E-state index < -0.39 is 6.67 Å². The topological polar surface area (TPSA) is 32.8 Å². The molecule has 1 aromatic carbocycles. The number of piperidine rings is 2. The number of nitrogens with zero attached hydrogens (tertiary/aromatic N) is 2. The lowest BCUT2D eigenvalue weighted by molar-refractivity contribution is 0.0448. The lowest BCUT2D eigenvalue weighted by atomic mass is 9.83. The van der Waals surface area contributed by atoms with Crippen LogP contribution in [0.25, 0.3) is 0 Å². The van der Waals surface area contributed by atoms with Crippen LogP contribution in [-0.4, -0.2) is 54.9 Å². The SMILES string of the molecule is Cc1ccc(CN2CCCCC2C2CCN(C(=O)OCCF)CC2)cc1. The van der Waals surface area contributed by atoms with Crippen LogP contribution in [0.3, 0.4) is 0 Å². The molecule has 4 nitrogen and oxygen atoms in total. The fourth-order valence-electron chi connectivity index (χ4n) is 4.36. The lowest BCUT2D eigenvalue weighted by Gasteiger charge is -2.43. The first-order valence-electron chi connectivity index (χ1n) is 9.94. The zero-order valence-corrected chi connectivity index (χ0v) is 15.8. The van der Waals surface area contributed by atoms with Crippen molar-refractivity contribution in [2.75, 3.05) is 32.9 Å². The number of likely N-dealkylation sites (tertiary alicyclic amines) is 2. The highest BCUT2D eigenvalue weighted by atomic mass is 19.1. The van der Waals surface area contributed by atoms with E-state index in [1.165, 1.54) is 30.4 Å². The van der Waals surface area contributed by atoms with Crippen LogP contribution in [0.15, 0.2) is 24.3 Å². The zero-order valence-electron chi connectivity index (χ0n) is 15.8. The number of benzene rings is 1. The van der Waals surface area contributed by atoms with Crippen LogP contribution in [0.4, 0.5) is 9.18 Å². The maximum Gasteiger partial charge on any atom is 0.409 e. The van der Waals surface area contributed by atoms with Crippen molar-refractivity contribution in [3.05, 3.63) is 35.4 Å². The number of carbonyl (C=O) groups is 1. The van der Waals surface area contributed by atoms with Crippen LogP contribution in [0, 0.1) is 12.8 Å². The maximum absolute atomic E-state index is 12.2. The normalized spacial score (nSPS) is 22.4. The third-order valence-electron chi connectivity index (χ3n) is 5.82. The van der Waals surface area contributed by atoms with Crippen LogP contribution < -0.4 is 0 Å². The predicted molar refractivity (Wildman–Crippen MR) is 101 cm³/mol. The maximum atomic E-state index is 12.2. The number of hydrogen-bond donors (Lipinski definition) is 0. The van der Waals surface area contributed by atoms with Crippen molar-refractivity contribution >= 4 is 6.09 Å². The highest BCUT2D eigenvalue weighted by molar-refractivity contribution is 5.67. The van der Waals surface area contributed by atoms with E-state index in [2.05, 4.69) is 36.1 Å². The van der Waals surface area contributed by atoms with Gasteiger partial charge in [0.2, 0.25) is 0 Å². The summed E-state index contributed by atoms with van der Waals surface area (Å²) in [6.45, 7) is 5.01. The van der Waals surface area contributed by atoms with E-state index in [0.29, 0.717) is 12.0 Å². The first-order chi connectivity index (χ1) is 12.7. The van der Waals surface area contributed by atoms with E-state index in [9.17, 15) is 9.18 Å². The fraction of sp³-hybridized carbons (Fsp3) is 0.667. The Hall–Kier alpha value is -1.62. The molecule has 0 bridgehead atoms. The predicted octanol–water partition coefficient (Wildman–Crippen LogP) is 4.17. The number of hydrogen-bond acceptors (Lipinski definition) is 3. The van der Waals surface area contributed by atoms with Gasteiger partial charge in [0.25, 0.3) is 0 Å². The molecule has 0 radical (unpaired) electrons. The van der Waals surface area contributed by atoms with E-state index in [4.69, 9.17) is 4.74 Å². The third-order valence-corrected chi connectivity index (χ3v) is 5.82. The zero-order chi connectivity index (χ0) is 18.4. The monoisotopic (exact) mass is 362 g/mol. The second kappa shape index (κ2) is 9.36. The molecule has 5 heteroatoms. The highest BCUT2D eigenvalue weighted by Crippen LogP contribution is 2.31. The third kappa shape index (κ3) is 4.97.